The van der Waals surface area contributed by atoms with Gasteiger partial charge >= 0.3 is 11.9 Å². The summed E-state index contributed by atoms with van der Waals surface area (Å²) in [6, 6.07) is 5.81. The lowest BCUT2D eigenvalue weighted by atomic mass is 10.0. The predicted molar refractivity (Wildman–Crippen MR) is 86.4 cm³/mol. The first-order chi connectivity index (χ1) is 10.5. The molecule has 0 radical (unpaired) electrons. The Morgan fingerprint density at radius 1 is 0.955 bits per heavy atom. The van der Waals surface area contributed by atoms with E-state index in [9.17, 15) is 9.59 Å². The zero-order chi connectivity index (χ0) is 16.5. The Kier molecular flexibility index (Phi) is 7.37. The molecule has 0 N–H and O–H groups in total. The van der Waals surface area contributed by atoms with Crippen molar-refractivity contribution in [3.05, 3.63) is 40.5 Å². The molecule has 1 aromatic carbocycles. The number of carbonyl (C=O) groups excluding carboxylic acids is 2. The van der Waals surface area contributed by atoms with Gasteiger partial charge in [0.1, 0.15) is 5.57 Å². The molecular weight excluding hydrogens is 280 g/mol. The average Bonchev–Trinajstić information content (AvgIpc) is 2.50. The summed E-state index contributed by atoms with van der Waals surface area (Å²) in [4.78, 5) is 24.3. The number of esters is 2. The van der Waals surface area contributed by atoms with E-state index < -0.39 is 11.9 Å². The standard InChI is InChI=1S/C18H24O4/c1-5-10-21-17(19)16(18(20)22-11-6-2)12-15-13(3)8-7-9-14(15)4/h7-9,12H,5-6,10-11H2,1-4H3. The van der Waals surface area contributed by atoms with Crippen LogP contribution in [0.5, 0.6) is 0 Å². The summed E-state index contributed by atoms with van der Waals surface area (Å²) in [6.07, 6.45) is 2.97. The van der Waals surface area contributed by atoms with E-state index >= 15 is 0 Å². The van der Waals surface area contributed by atoms with Crippen LogP contribution < -0.4 is 0 Å². The van der Waals surface area contributed by atoms with Crippen molar-refractivity contribution < 1.29 is 19.1 Å². The molecule has 0 atom stereocenters. The maximum atomic E-state index is 12.1. The van der Waals surface area contributed by atoms with Gasteiger partial charge in [0.15, 0.2) is 0 Å². The van der Waals surface area contributed by atoms with Gasteiger partial charge in [0.2, 0.25) is 0 Å². The number of benzene rings is 1. The number of ether oxygens (including phenoxy) is 2. The van der Waals surface area contributed by atoms with E-state index in [4.69, 9.17) is 9.47 Å². The Morgan fingerprint density at radius 3 is 1.82 bits per heavy atom. The summed E-state index contributed by atoms with van der Waals surface area (Å²) in [5.74, 6) is -1.27. The van der Waals surface area contributed by atoms with Crippen LogP contribution in [0.15, 0.2) is 23.8 Å². The lowest BCUT2D eigenvalue weighted by Gasteiger charge is -2.10. The van der Waals surface area contributed by atoms with Gasteiger partial charge in [-0.05, 0) is 49.5 Å². The van der Waals surface area contributed by atoms with Crippen molar-refractivity contribution in [2.75, 3.05) is 13.2 Å². The van der Waals surface area contributed by atoms with Crippen LogP contribution in [-0.2, 0) is 19.1 Å². The summed E-state index contributed by atoms with van der Waals surface area (Å²) in [7, 11) is 0. The summed E-state index contributed by atoms with van der Waals surface area (Å²) in [5.41, 5.74) is 2.77. The molecule has 0 bridgehead atoms. The molecule has 4 heteroatoms. The molecule has 0 spiro atoms. The smallest absolute Gasteiger partial charge is 0.345 e. The minimum Gasteiger partial charge on any atom is -0.462 e. The second-order valence-corrected chi connectivity index (χ2v) is 5.14. The van der Waals surface area contributed by atoms with E-state index in [0.717, 1.165) is 16.7 Å². The van der Waals surface area contributed by atoms with Crippen LogP contribution in [-0.4, -0.2) is 25.2 Å². The van der Waals surface area contributed by atoms with Gasteiger partial charge in [0.25, 0.3) is 0 Å². The van der Waals surface area contributed by atoms with Crippen molar-refractivity contribution in [1.29, 1.82) is 0 Å². The van der Waals surface area contributed by atoms with Gasteiger partial charge in [-0.3, -0.25) is 0 Å². The molecule has 1 rings (SSSR count). The molecular formula is C18H24O4. The fourth-order valence-electron chi connectivity index (χ4n) is 1.95. The zero-order valence-electron chi connectivity index (χ0n) is 13.8. The summed E-state index contributed by atoms with van der Waals surface area (Å²) >= 11 is 0. The van der Waals surface area contributed by atoms with Crippen LogP contribution >= 0.6 is 0 Å². The third-order valence-corrected chi connectivity index (χ3v) is 3.15. The van der Waals surface area contributed by atoms with Crippen molar-refractivity contribution in [3.63, 3.8) is 0 Å². The Labute approximate surface area is 132 Å². The molecule has 0 unspecified atom stereocenters. The maximum absolute atomic E-state index is 12.1. The second-order valence-electron chi connectivity index (χ2n) is 5.14. The largest absolute Gasteiger partial charge is 0.462 e. The van der Waals surface area contributed by atoms with E-state index in [2.05, 4.69) is 0 Å². The molecule has 0 saturated heterocycles. The quantitative estimate of drug-likeness (QED) is 0.334. The fraction of sp³-hybridized carbons (Fsp3) is 0.444. The highest BCUT2D eigenvalue weighted by Gasteiger charge is 2.22. The Balaban J connectivity index is 3.15. The maximum Gasteiger partial charge on any atom is 0.345 e. The second kappa shape index (κ2) is 9.03. The van der Waals surface area contributed by atoms with Crippen molar-refractivity contribution >= 4 is 18.0 Å². The van der Waals surface area contributed by atoms with Crippen LogP contribution in [0.1, 0.15) is 43.4 Å². The fourth-order valence-corrected chi connectivity index (χ4v) is 1.95. The lowest BCUT2D eigenvalue weighted by Crippen LogP contribution is -2.19. The molecule has 0 saturated carbocycles. The number of hydrogen-bond acceptors (Lipinski definition) is 4. The van der Waals surface area contributed by atoms with Crippen LogP contribution in [0.25, 0.3) is 6.08 Å². The molecule has 22 heavy (non-hydrogen) atoms. The SMILES string of the molecule is CCCOC(=O)C(=Cc1c(C)cccc1C)C(=O)OCCC. The highest BCUT2D eigenvalue weighted by molar-refractivity contribution is 6.17. The van der Waals surface area contributed by atoms with Gasteiger partial charge < -0.3 is 9.47 Å². The minimum atomic E-state index is -0.634. The van der Waals surface area contributed by atoms with E-state index in [1.54, 1.807) is 6.08 Å². The van der Waals surface area contributed by atoms with Gasteiger partial charge in [-0.25, -0.2) is 9.59 Å². The van der Waals surface area contributed by atoms with Gasteiger partial charge in [-0.2, -0.15) is 0 Å². The summed E-state index contributed by atoms with van der Waals surface area (Å²) < 4.78 is 10.2. The third-order valence-electron chi connectivity index (χ3n) is 3.15. The van der Waals surface area contributed by atoms with Crippen LogP contribution in [0.3, 0.4) is 0 Å². The molecule has 120 valence electrons. The first-order valence-electron chi connectivity index (χ1n) is 7.63. The monoisotopic (exact) mass is 304 g/mol. The molecule has 0 aliphatic heterocycles. The topological polar surface area (TPSA) is 52.6 Å². The van der Waals surface area contributed by atoms with Gasteiger partial charge in [0.05, 0.1) is 13.2 Å². The zero-order valence-corrected chi connectivity index (χ0v) is 13.8. The van der Waals surface area contributed by atoms with Crippen molar-refractivity contribution in [2.24, 2.45) is 0 Å². The number of hydrogen-bond donors (Lipinski definition) is 0. The Bertz CT molecular complexity index is 516. The van der Waals surface area contributed by atoms with Crippen LogP contribution in [0.2, 0.25) is 0 Å². The van der Waals surface area contributed by atoms with Crippen molar-refractivity contribution in [2.45, 2.75) is 40.5 Å². The van der Waals surface area contributed by atoms with E-state index in [-0.39, 0.29) is 18.8 Å². The highest BCUT2D eigenvalue weighted by Crippen LogP contribution is 2.18. The van der Waals surface area contributed by atoms with Crippen LogP contribution in [0, 0.1) is 13.8 Å². The van der Waals surface area contributed by atoms with Crippen LogP contribution in [0.4, 0.5) is 0 Å². The summed E-state index contributed by atoms with van der Waals surface area (Å²) in [5, 5.41) is 0. The molecule has 0 aliphatic rings. The lowest BCUT2D eigenvalue weighted by molar-refractivity contribution is -0.147. The first-order valence-corrected chi connectivity index (χ1v) is 7.63. The van der Waals surface area contributed by atoms with E-state index in [1.807, 2.05) is 45.9 Å². The predicted octanol–water partition coefficient (Wildman–Crippen LogP) is 3.59. The highest BCUT2D eigenvalue weighted by atomic mass is 16.6. The number of aryl methyl sites for hydroxylation is 2. The Hall–Kier alpha value is -2.10. The third kappa shape index (κ3) is 5.02. The molecule has 4 nitrogen and oxygen atoms in total. The first kappa shape index (κ1) is 18.0. The number of rotatable bonds is 7. The number of carbonyl (C=O) groups is 2. The minimum absolute atomic E-state index is 0.0562. The van der Waals surface area contributed by atoms with Gasteiger partial charge in [-0.15, -0.1) is 0 Å². The molecule has 1 aromatic rings. The average molecular weight is 304 g/mol. The Morgan fingerprint density at radius 2 is 1.41 bits per heavy atom. The van der Waals surface area contributed by atoms with Crippen molar-refractivity contribution in [3.8, 4) is 0 Å². The normalized spacial score (nSPS) is 10.0. The van der Waals surface area contributed by atoms with Gasteiger partial charge in [0, 0.05) is 0 Å². The van der Waals surface area contributed by atoms with Gasteiger partial charge in [-0.1, -0.05) is 32.0 Å². The molecule has 0 heterocycles. The van der Waals surface area contributed by atoms with E-state index in [0.29, 0.717) is 12.8 Å². The molecule has 0 aromatic heterocycles. The summed E-state index contributed by atoms with van der Waals surface area (Å²) in [6.45, 7) is 8.24. The van der Waals surface area contributed by atoms with Crippen molar-refractivity contribution in [1.82, 2.24) is 0 Å². The molecule has 0 fully saturated rings. The molecule has 0 amide bonds. The van der Waals surface area contributed by atoms with E-state index in [1.165, 1.54) is 0 Å². The molecule has 0 aliphatic carbocycles.